The van der Waals surface area contributed by atoms with E-state index >= 15 is 0 Å². The Morgan fingerprint density at radius 1 is 0.956 bits per heavy atom. The lowest BCUT2D eigenvalue weighted by molar-refractivity contribution is -0.149. The number of halogens is 2. The van der Waals surface area contributed by atoms with Gasteiger partial charge in [0.05, 0.1) is 24.7 Å². The molecule has 246 valence electrons. The summed E-state index contributed by atoms with van der Waals surface area (Å²) in [5.74, 6) is 0.0596. The molecule has 8 nitrogen and oxygen atoms in total. The number of hydrogen-bond acceptors (Lipinski definition) is 8. The van der Waals surface area contributed by atoms with Gasteiger partial charge in [-0.1, -0.05) is 24.8 Å². The predicted molar refractivity (Wildman–Crippen MR) is 166 cm³/mol. The third kappa shape index (κ3) is 11.6. The van der Waals surface area contributed by atoms with Crippen LogP contribution in [0.15, 0.2) is 60.7 Å². The summed E-state index contributed by atoms with van der Waals surface area (Å²) >= 11 is 0. The van der Waals surface area contributed by atoms with Crippen LogP contribution < -0.4 is 9.47 Å². The number of carbonyl (C=O) groups is 2. The molecule has 1 aliphatic carbocycles. The number of ether oxygens (including phenoxy) is 4. The zero-order valence-electron chi connectivity index (χ0n) is 26.1. The Balaban J connectivity index is 1.70. The van der Waals surface area contributed by atoms with Gasteiger partial charge in [-0.2, -0.15) is 8.78 Å². The van der Waals surface area contributed by atoms with Crippen LogP contribution in [-0.4, -0.2) is 61.8 Å². The minimum atomic E-state index is -1.60. The molecule has 0 saturated heterocycles. The Morgan fingerprint density at radius 3 is 2.18 bits per heavy atom. The van der Waals surface area contributed by atoms with Crippen LogP contribution in [0.25, 0.3) is 11.1 Å². The lowest BCUT2D eigenvalue weighted by Gasteiger charge is -2.29. The van der Waals surface area contributed by atoms with E-state index in [-0.39, 0.29) is 38.6 Å². The smallest absolute Gasteiger partial charge is 0.335 e. The molecule has 0 amide bonds. The largest absolute Gasteiger partial charge is 0.490 e. The number of esters is 2. The van der Waals surface area contributed by atoms with Crippen molar-refractivity contribution >= 4 is 11.9 Å². The van der Waals surface area contributed by atoms with Crippen molar-refractivity contribution in [1.82, 2.24) is 0 Å². The number of carbonyl (C=O) groups excluding carboxylic acids is 2. The molecule has 1 atom stereocenters. The third-order valence-corrected chi connectivity index (χ3v) is 7.97. The van der Waals surface area contributed by atoms with Crippen molar-refractivity contribution in [3.8, 4) is 22.6 Å². The molecule has 0 heterocycles. The highest BCUT2D eigenvalue weighted by molar-refractivity contribution is 5.87. The summed E-state index contributed by atoms with van der Waals surface area (Å²) in [6.45, 7) is 6.39. The van der Waals surface area contributed by atoms with Gasteiger partial charge in [0.1, 0.15) is 37.9 Å². The molecule has 2 N–H and O–H groups in total. The second-order valence-corrected chi connectivity index (χ2v) is 11.4. The van der Waals surface area contributed by atoms with Crippen LogP contribution in [0.5, 0.6) is 11.5 Å². The van der Waals surface area contributed by atoms with Crippen LogP contribution in [0.2, 0.25) is 0 Å². The van der Waals surface area contributed by atoms with E-state index in [0.717, 1.165) is 54.9 Å². The molecule has 0 bridgehead atoms. The Bertz CT molecular complexity index is 1310. The van der Waals surface area contributed by atoms with E-state index < -0.39 is 30.5 Å². The maximum Gasteiger partial charge on any atom is 0.335 e. The summed E-state index contributed by atoms with van der Waals surface area (Å²) in [7, 11) is 0. The second-order valence-electron chi connectivity index (χ2n) is 11.4. The van der Waals surface area contributed by atoms with E-state index in [1.165, 1.54) is 5.56 Å². The van der Waals surface area contributed by atoms with Gasteiger partial charge >= 0.3 is 11.9 Å². The van der Waals surface area contributed by atoms with Gasteiger partial charge in [-0.3, -0.25) is 4.79 Å². The highest BCUT2D eigenvalue weighted by Gasteiger charge is 2.23. The molecule has 1 fully saturated rings. The van der Waals surface area contributed by atoms with Gasteiger partial charge in [0.15, 0.2) is 0 Å². The molecule has 1 aliphatic rings. The summed E-state index contributed by atoms with van der Waals surface area (Å²) in [4.78, 5) is 23.6. The zero-order valence-corrected chi connectivity index (χ0v) is 26.1. The highest BCUT2D eigenvalue weighted by Crippen LogP contribution is 2.39. The topological polar surface area (TPSA) is 112 Å². The summed E-state index contributed by atoms with van der Waals surface area (Å²) in [6.07, 6.45) is 4.78. The minimum absolute atomic E-state index is 0.00763. The number of rotatable bonds is 17. The molecule has 10 heteroatoms. The maximum atomic E-state index is 12.4. The van der Waals surface area contributed by atoms with E-state index in [1.807, 2.05) is 19.1 Å². The second kappa shape index (κ2) is 18.3. The molecule has 2 aromatic rings. The quantitative estimate of drug-likeness (QED) is 0.116. The minimum Gasteiger partial charge on any atom is -0.490 e. The van der Waals surface area contributed by atoms with Crippen LogP contribution in [0.4, 0.5) is 8.78 Å². The Labute approximate surface area is 263 Å². The Hall–Kier alpha value is -3.76. The molecule has 0 spiro atoms. The standard InChI is InChI=1S/C35H44F2O8/c1-23-17-28(27-9-7-26(8-10-27)5-4-6-33(36)37)11-12-32(23)29-18-30(42-13-15-44-34(40)24(2)21-38)20-31(19-29)43-14-16-45-35(41)25(3)22-39/h6,11-12,17-20,25-27,38-39H,2,4-5,7-10,13-16,21-22H2,1,3H3. The van der Waals surface area contributed by atoms with Crippen molar-refractivity contribution in [2.24, 2.45) is 11.8 Å². The zero-order chi connectivity index (χ0) is 32.8. The summed E-state index contributed by atoms with van der Waals surface area (Å²) < 4.78 is 46.7. The number of allylic oxidation sites excluding steroid dienone is 1. The summed E-state index contributed by atoms with van der Waals surface area (Å²) in [5.41, 5.74) is 4.12. The van der Waals surface area contributed by atoms with Crippen LogP contribution in [0.1, 0.15) is 62.5 Å². The predicted octanol–water partition coefficient (Wildman–Crippen LogP) is 6.52. The first-order valence-electron chi connectivity index (χ1n) is 15.4. The van der Waals surface area contributed by atoms with Crippen molar-refractivity contribution in [1.29, 1.82) is 0 Å². The molecule has 0 aromatic heterocycles. The molecule has 3 rings (SSSR count). The van der Waals surface area contributed by atoms with Crippen LogP contribution in [-0.2, 0) is 19.1 Å². The average molecular weight is 631 g/mol. The number of aryl methyl sites for hydroxylation is 1. The summed E-state index contributed by atoms with van der Waals surface area (Å²) in [6, 6.07) is 11.8. The monoisotopic (exact) mass is 630 g/mol. The lowest BCUT2D eigenvalue weighted by Crippen LogP contribution is -2.20. The highest BCUT2D eigenvalue weighted by atomic mass is 19.3. The molecular formula is C35H44F2O8. The average Bonchev–Trinajstić information content (AvgIpc) is 3.04. The Kier molecular flexibility index (Phi) is 14.5. The van der Waals surface area contributed by atoms with Gasteiger partial charge in [0.2, 0.25) is 0 Å². The SMILES string of the molecule is C=C(CO)C(=O)OCCOc1cc(OCCOC(=O)C(C)CO)cc(-c2ccc(C3CCC(CCC=C(F)F)CC3)cc2C)c1. The number of benzene rings is 2. The molecule has 45 heavy (non-hydrogen) atoms. The van der Waals surface area contributed by atoms with E-state index in [2.05, 4.69) is 24.8 Å². The molecule has 0 aliphatic heterocycles. The fourth-order valence-electron chi connectivity index (χ4n) is 5.35. The van der Waals surface area contributed by atoms with Gasteiger partial charge < -0.3 is 29.2 Å². The molecule has 0 radical (unpaired) electrons. The van der Waals surface area contributed by atoms with Crippen molar-refractivity contribution < 1.29 is 47.5 Å². The maximum absolute atomic E-state index is 12.4. The molecule has 2 aromatic carbocycles. The van der Waals surface area contributed by atoms with E-state index in [9.17, 15) is 18.4 Å². The third-order valence-electron chi connectivity index (χ3n) is 7.97. The van der Waals surface area contributed by atoms with E-state index in [1.54, 1.807) is 13.0 Å². The molecular weight excluding hydrogens is 586 g/mol. The van der Waals surface area contributed by atoms with Crippen LogP contribution in [0.3, 0.4) is 0 Å². The number of aliphatic hydroxyl groups excluding tert-OH is 2. The summed E-state index contributed by atoms with van der Waals surface area (Å²) in [5, 5.41) is 18.2. The fourth-order valence-corrected chi connectivity index (χ4v) is 5.35. The lowest BCUT2D eigenvalue weighted by atomic mass is 9.76. The normalized spacial score (nSPS) is 16.8. The molecule has 1 unspecified atom stereocenters. The van der Waals surface area contributed by atoms with Gasteiger partial charge in [-0.15, -0.1) is 0 Å². The first-order valence-corrected chi connectivity index (χ1v) is 15.4. The van der Waals surface area contributed by atoms with E-state index in [4.69, 9.17) is 29.2 Å². The van der Waals surface area contributed by atoms with Crippen molar-refractivity contribution in [3.63, 3.8) is 0 Å². The first-order chi connectivity index (χ1) is 21.6. The van der Waals surface area contributed by atoms with Gasteiger partial charge in [0.25, 0.3) is 6.08 Å². The Morgan fingerprint density at radius 2 is 1.60 bits per heavy atom. The van der Waals surface area contributed by atoms with Crippen molar-refractivity contribution in [2.75, 3.05) is 39.6 Å². The van der Waals surface area contributed by atoms with Gasteiger partial charge in [-0.05, 0) is 105 Å². The van der Waals surface area contributed by atoms with Crippen molar-refractivity contribution in [3.05, 3.63) is 71.8 Å². The van der Waals surface area contributed by atoms with Crippen molar-refractivity contribution in [2.45, 2.75) is 58.3 Å². The number of hydrogen-bond donors (Lipinski definition) is 2. The van der Waals surface area contributed by atoms with Crippen LogP contribution in [0, 0.1) is 18.8 Å². The fraction of sp³-hybridized carbons (Fsp3) is 0.486. The van der Waals surface area contributed by atoms with Gasteiger partial charge in [-0.25, -0.2) is 4.79 Å². The molecule has 1 saturated carbocycles. The van der Waals surface area contributed by atoms with Crippen LogP contribution >= 0.6 is 0 Å². The van der Waals surface area contributed by atoms with E-state index in [0.29, 0.717) is 29.8 Å². The first kappa shape index (κ1) is 35.7. The van der Waals surface area contributed by atoms with Gasteiger partial charge in [0, 0.05) is 6.07 Å². The number of aliphatic hydroxyl groups is 2.